The number of nitrogens with zero attached hydrogens (tertiary/aromatic N) is 1. The number of carboxylic acid groups (broad SMARTS) is 1. The van der Waals surface area contributed by atoms with Crippen molar-refractivity contribution in [1.82, 2.24) is 4.90 Å². The summed E-state index contributed by atoms with van der Waals surface area (Å²) in [6.07, 6.45) is 5.21. The Morgan fingerprint density at radius 1 is 1.61 bits per heavy atom. The van der Waals surface area contributed by atoms with Crippen LogP contribution in [-0.2, 0) is 9.59 Å². The number of carbonyl (C=O) groups excluding carboxylic acids is 1. The molecule has 1 unspecified atom stereocenters. The van der Waals surface area contributed by atoms with Crippen molar-refractivity contribution in [1.29, 1.82) is 0 Å². The highest BCUT2D eigenvalue weighted by atomic mass is 32.2. The molecule has 0 aromatic rings. The van der Waals surface area contributed by atoms with Crippen LogP contribution in [0.25, 0.3) is 0 Å². The van der Waals surface area contributed by atoms with Crippen molar-refractivity contribution in [2.45, 2.75) is 32.2 Å². The molecular weight excluding hydrogens is 252 g/mol. The molecule has 0 radical (unpaired) electrons. The second-order valence-corrected chi connectivity index (χ2v) is 5.22. The molecule has 0 saturated carbocycles. The number of thioether (sulfide) groups is 1. The van der Waals surface area contributed by atoms with Crippen molar-refractivity contribution in [3.63, 3.8) is 0 Å². The quantitative estimate of drug-likeness (QED) is 0.723. The minimum absolute atomic E-state index is 0.0354. The lowest BCUT2D eigenvalue weighted by Crippen LogP contribution is -2.34. The third-order valence-electron chi connectivity index (χ3n) is 2.82. The predicted octanol–water partition coefficient (Wildman–Crippen LogP) is 1.05. The van der Waals surface area contributed by atoms with Crippen LogP contribution in [0.5, 0.6) is 0 Å². The summed E-state index contributed by atoms with van der Waals surface area (Å²) in [4.78, 5) is 24.3. The number of rotatable bonds is 7. The van der Waals surface area contributed by atoms with E-state index in [2.05, 4.69) is 6.08 Å². The molecule has 1 atom stereocenters. The van der Waals surface area contributed by atoms with E-state index in [1.165, 1.54) is 11.8 Å². The van der Waals surface area contributed by atoms with Crippen LogP contribution in [0.4, 0.5) is 0 Å². The van der Waals surface area contributed by atoms with Crippen LogP contribution in [0.15, 0.2) is 11.8 Å². The van der Waals surface area contributed by atoms with E-state index in [1.54, 1.807) is 4.90 Å². The molecule has 3 N–H and O–H groups in total. The summed E-state index contributed by atoms with van der Waals surface area (Å²) in [5, 5.41) is 8.63. The Labute approximate surface area is 111 Å². The van der Waals surface area contributed by atoms with Gasteiger partial charge in [0, 0.05) is 18.0 Å². The third-order valence-corrected chi connectivity index (χ3v) is 3.87. The van der Waals surface area contributed by atoms with Crippen molar-refractivity contribution in [3.05, 3.63) is 11.8 Å². The predicted molar refractivity (Wildman–Crippen MR) is 72.3 cm³/mol. The lowest BCUT2D eigenvalue weighted by atomic mass is 10.3. The molecule has 18 heavy (non-hydrogen) atoms. The maximum absolute atomic E-state index is 12.0. The van der Waals surface area contributed by atoms with Gasteiger partial charge in [0.2, 0.25) is 5.91 Å². The van der Waals surface area contributed by atoms with Crippen molar-refractivity contribution < 1.29 is 14.7 Å². The fourth-order valence-corrected chi connectivity index (χ4v) is 2.71. The molecule has 1 amide bonds. The van der Waals surface area contributed by atoms with Crippen LogP contribution in [0, 0.1) is 0 Å². The molecule has 0 fully saturated rings. The maximum atomic E-state index is 12.0. The van der Waals surface area contributed by atoms with Gasteiger partial charge >= 0.3 is 5.97 Å². The van der Waals surface area contributed by atoms with Gasteiger partial charge in [-0.05, 0) is 26.2 Å². The Kier molecular flexibility index (Phi) is 6.21. The topological polar surface area (TPSA) is 83.6 Å². The van der Waals surface area contributed by atoms with E-state index in [9.17, 15) is 9.59 Å². The average molecular weight is 272 g/mol. The van der Waals surface area contributed by atoms with E-state index in [0.29, 0.717) is 6.54 Å². The first-order valence-electron chi connectivity index (χ1n) is 6.11. The number of allylic oxidation sites excluding steroid dienone is 2. The molecular formula is C12H20N2O3S. The Bertz CT molecular complexity index is 344. The molecule has 1 aliphatic carbocycles. The zero-order chi connectivity index (χ0) is 13.5. The fourth-order valence-electron chi connectivity index (χ4n) is 1.86. The number of hydrogen-bond donors (Lipinski definition) is 2. The molecule has 102 valence electrons. The van der Waals surface area contributed by atoms with Crippen molar-refractivity contribution in [3.8, 4) is 0 Å². The lowest BCUT2D eigenvalue weighted by Gasteiger charge is -2.22. The molecule has 1 aliphatic rings. The highest BCUT2D eigenvalue weighted by Crippen LogP contribution is 2.22. The van der Waals surface area contributed by atoms with Gasteiger partial charge in [0.1, 0.15) is 6.04 Å². The second kappa shape index (κ2) is 7.43. The summed E-state index contributed by atoms with van der Waals surface area (Å²) >= 11 is 1.28. The first-order chi connectivity index (χ1) is 8.56. The number of hydrogen-bond acceptors (Lipinski definition) is 4. The standard InChI is InChI=1S/C12H20N2O3S/c1-2-14(9-5-3-4-6-9)11(15)8-18-7-10(13)12(16)17/h5,10H,2-4,6-8,13H2,1H3,(H,16,17). The summed E-state index contributed by atoms with van der Waals surface area (Å²) < 4.78 is 0. The van der Waals surface area contributed by atoms with Gasteiger partial charge in [0.25, 0.3) is 0 Å². The van der Waals surface area contributed by atoms with E-state index in [4.69, 9.17) is 10.8 Å². The van der Waals surface area contributed by atoms with Crippen molar-refractivity contribution >= 4 is 23.6 Å². The zero-order valence-electron chi connectivity index (χ0n) is 10.6. The Hall–Kier alpha value is -1.01. The summed E-state index contributed by atoms with van der Waals surface area (Å²) in [7, 11) is 0. The Morgan fingerprint density at radius 3 is 2.83 bits per heavy atom. The SMILES string of the molecule is CCN(C(=O)CSCC(N)C(=O)O)C1=CCCC1. The molecule has 0 saturated heterocycles. The largest absolute Gasteiger partial charge is 0.480 e. The number of amides is 1. The minimum atomic E-state index is -1.03. The normalized spacial score (nSPS) is 16.2. The van der Waals surface area contributed by atoms with Gasteiger partial charge in [-0.2, -0.15) is 0 Å². The van der Waals surface area contributed by atoms with Gasteiger partial charge in [-0.1, -0.05) is 6.08 Å². The monoisotopic (exact) mass is 272 g/mol. The highest BCUT2D eigenvalue weighted by molar-refractivity contribution is 8.00. The first-order valence-corrected chi connectivity index (χ1v) is 7.27. The van der Waals surface area contributed by atoms with Crippen LogP contribution in [-0.4, -0.2) is 46.0 Å². The Morgan fingerprint density at radius 2 is 2.33 bits per heavy atom. The first kappa shape index (κ1) is 15.0. The number of aliphatic carboxylic acids is 1. The smallest absolute Gasteiger partial charge is 0.321 e. The number of carboxylic acids is 1. The third kappa shape index (κ3) is 4.34. The van der Waals surface area contributed by atoms with E-state index in [0.717, 1.165) is 25.0 Å². The molecule has 0 aliphatic heterocycles. The van der Waals surface area contributed by atoms with Gasteiger partial charge in [-0.15, -0.1) is 11.8 Å². The van der Waals surface area contributed by atoms with Gasteiger partial charge in [-0.25, -0.2) is 0 Å². The summed E-state index contributed by atoms with van der Waals surface area (Å²) in [6.45, 7) is 2.61. The van der Waals surface area contributed by atoms with Gasteiger partial charge in [0.15, 0.2) is 0 Å². The second-order valence-electron chi connectivity index (χ2n) is 4.19. The van der Waals surface area contributed by atoms with Crippen LogP contribution in [0.3, 0.4) is 0 Å². The van der Waals surface area contributed by atoms with Gasteiger partial charge in [-0.3, -0.25) is 9.59 Å². The van der Waals surface area contributed by atoms with Gasteiger partial charge < -0.3 is 15.7 Å². The molecule has 0 bridgehead atoms. The summed E-state index contributed by atoms with van der Waals surface area (Å²) in [6, 6.07) is -0.899. The maximum Gasteiger partial charge on any atom is 0.321 e. The molecule has 5 nitrogen and oxygen atoms in total. The fraction of sp³-hybridized carbons (Fsp3) is 0.667. The number of carbonyl (C=O) groups is 2. The molecule has 0 heterocycles. The van der Waals surface area contributed by atoms with Crippen LogP contribution in [0.1, 0.15) is 26.2 Å². The van der Waals surface area contributed by atoms with E-state index < -0.39 is 12.0 Å². The summed E-state index contributed by atoms with van der Waals surface area (Å²) in [5.41, 5.74) is 6.48. The minimum Gasteiger partial charge on any atom is -0.480 e. The molecule has 0 aromatic heterocycles. The van der Waals surface area contributed by atoms with Gasteiger partial charge in [0.05, 0.1) is 5.75 Å². The van der Waals surface area contributed by atoms with Crippen LogP contribution < -0.4 is 5.73 Å². The Balaban J connectivity index is 2.36. The zero-order valence-corrected chi connectivity index (χ0v) is 11.4. The van der Waals surface area contributed by atoms with Crippen molar-refractivity contribution in [2.24, 2.45) is 5.73 Å². The molecule has 0 aromatic carbocycles. The van der Waals surface area contributed by atoms with Crippen molar-refractivity contribution in [2.75, 3.05) is 18.1 Å². The highest BCUT2D eigenvalue weighted by Gasteiger charge is 2.19. The van der Waals surface area contributed by atoms with E-state index >= 15 is 0 Å². The van der Waals surface area contributed by atoms with Crippen LogP contribution in [0.2, 0.25) is 0 Å². The van der Waals surface area contributed by atoms with E-state index in [-0.39, 0.29) is 17.4 Å². The number of nitrogens with two attached hydrogens (primary N) is 1. The molecule has 6 heteroatoms. The van der Waals surface area contributed by atoms with E-state index in [1.807, 2.05) is 6.92 Å². The molecule has 1 rings (SSSR count). The average Bonchev–Trinajstić information content (AvgIpc) is 2.83. The summed E-state index contributed by atoms with van der Waals surface area (Å²) in [5.74, 6) is -0.446. The lowest BCUT2D eigenvalue weighted by molar-refractivity contribution is -0.138. The van der Waals surface area contributed by atoms with Crippen LogP contribution >= 0.6 is 11.8 Å². The molecule has 0 spiro atoms.